The van der Waals surface area contributed by atoms with Gasteiger partial charge in [0.05, 0.1) is 34.4 Å². The molecule has 0 saturated heterocycles. The van der Waals surface area contributed by atoms with Crippen LogP contribution in [0.3, 0.4) is 0 Å². The lowest BCUT2D eigenvalue weighted by atomic mass is 10.1. The van der Waals surface area contributed by atoms with E-state index < -0.39 is 0 Å². The molecular weight excluding hydrogens is 631 g/mol. The summed E-state index contributed by atoms with van der Waals surface area (Å²) in [5.74, 6) is -0.130. The summed E-state index contributed by atoms with van der Waals surface area (Å²) >= 11 is 21.8. The lowest BCUT2D eigenvalue weighted by molar-refractivity contribution is -0.120. The predicted molar refractivity (Wildman–Crippen MR) is 166 cm³/mol. The number of benzene rings is 3. The predicted octanol–water partition coefficient (Wildman–Crippen LogP) is 6.43. The highest BCUT2D eigenvalue weighted by Gasteiger charge is 2.15. The molecule has 0 saturated carbocycles. The van der Waals surface area contributed by atoms with Crippen molar-refractivity contribution < 1.29 is 4.79 Å². The summed E-state index contributed by atoms with van der Waals surface area (Å²) in [6.07, 6.45) is 3.56. The maximum absolute atomic E-state index is 12.8. The molecule has 0 unspecified atom stereocenters. The zero-order valence-electron chi connectivity index (χ0n) is 21.3. The van der Waals surface area contributed by atoms with Gasteiger partial charge in [0.15, 0.2) is 5.11 Å². The molecule has 2 N–H and O–H groups in total. The SMILES string of the molecule is N#Cc1ccc(Cn2cncc2CC(=O)NCCN(Cc2cccc(Cl)c2Cl)C(=S)Nc2ccc(Br)cc2)cc1. The molecule has 0 fully saturated rings. The minimum atomic E-state index is -0.130. The number of carbonyl (C=O) groups excluding carboxylic acids is 1. The van der Waals surface area contributed by atoms with Crippen LogP contribution in [0.4, 0.5) is 5.69 Å². The molecule has 0 atom stereocenters. The molecule has 0 aliphatic rings. The molecule has 7 nitrogen and oxygen atoms in total. The van der Waals surface area contributed by atoms with Gasteiger partial charge in [-0.2, -0.15) is 5.26 Å². The molecule has 1 aromatic heterocycles. The number of anilines is 1. The number of halogens is 3. The fourth-order valence-corrected chi connectivity index (χ4v) is 4.86. The van der Waals surface area contributed by atoms with E-state index in [-0.39, 0.29) is 12.3 Å². The number of hydrogen-bond acceptors (Lipinski definition) is 4. The van der Waals surface area contributed by atoms with Gasteiger partial charge in [-0.25, -0.2) is 4.98 Å². The number of nitriles is 1. The third kappa shape index (κ3) is 8.29. The highest BCUT2D eigenvalue weighted by Crippen LogP contribution is 2.27. The highest BCUT2D eigenvalue weighted by molar-refractivity contribution is 9.10. The average Bonchev–Trinajstić information content (AvgIpc) is 3.38. The van der Waals surface area contributed by atoms with E-state index in [0.717, 1.165) is 27.0 Å². The molecule has 40 heavy (non-hydrogen) atoms. The summed E-state index contributed by atoms with van der Waals surface area (Å²) in [6, 6.07) is 22.6. The second-order valence-corrected chi connectivity index (χ2v) is 11.0. The van der Waals surface area contributed by atoms with Gasteiger partial charge in [0.2, 0.25) is 5.91 Å². The first kappa shape index (κ1) is 29.6. The molecule has 11 heteroatoms. The number of imidazole rings is 1. The first-order valence-corrected chi connectivity index (χ1v) is 14.3. The van der Waals surface area contributed by atoms with E-state index in [1.54, 1.807) is 30.7 Å². The van der Waals surface area contributed by atoms with Gasteiger partial charge in [-0.15, -0.1) is 0 Å². The molecule has 0 aliphatic heterocycles. The number of thiocarbonyl (C=S) groups is 1. The van der Waals surface area contributed by atoms with Crippen molar-refractivity contribution in [2.24, 2.45) is 0 Å². The highest BCUT2D eigenvalue weighted by atomic mass is 79.9. The Hall–Kier alpha value is -3.42. The molecule has 4 aromatic rings. The minimum Gasteiger partial charge on any atom is -0.354 e. The summed E-state index contributed by atoms with van der Waals surface area (Å²) in [5, 5.41) is 16.7. The monoisotopic (exact) mass is 654 g/mol. The minimum absolute atomic E-state index is 0.130. The van der Waals surface area contributed by atoms with Crippen LogP contribution in [0, 0.1) is 11.3 Å². The van der Waals surface area contributed by atoms with Crippen LogP contribution in [-0.4, -0.2) is 38.6 Å². The smallest absolute Gasteiger partial charge is 0.226 e. The van der Waals surface area contributed by atoms with Gasteiger partial charge in [0.25, 0.3) is 0 Å². The van der Waals surface area contributed by atoms with Crippen LogP contribution in [0.1, 0.15) is 22.4 Å². The van der Waals surface area contributed by atoms with E-state index >= 15 is 0 Å². The van der Waals surface area contributed by atoms with Gasteiger partial charge >= 0.3 is 0 Å². The van der Waals surface area contributed by atoms with Gasteiger partial charge in [-0.05, 0) is 65.8 Å². The van der Waals surface area contributed by atoms with Crippen molar-refractivity contribution in [1.82, 2.24) is 19.8 Å². The standard InChI is InChI=1S/C29H25BrCl2N6OS/c30-23-8-10-24(11-9-23)36-29(40)37(18-22-2-1-3-26(31)28(22)32)13-12-35-27(39)14-25-16-34-19-38(25)17-21-6-4-20(15-33)5-7-21/h1-11,16,19H,12-14,17-18H2,(H,35,39)(H,36,40). The van der Waals surface area contributed by atoms with Crippen molar-refractivity contribution in [2.75, 3.05) is 18.4 Å². The zero-order valence-corrected chi connectivity index (χ0v) is 25.2. The molecule has 0 spiro atoms. The fourth-order valence-electron chi connectivity index (χ4n) is 3.94. The number of nitrogens with one attached hydrogen (secondary N) is 2. The molecule has 4 rings (SSSR count). The van der Waals surface area contributed by atoms with E-state index in [1.807, 2.05) is 58.0 Å². The first-order valence-electron chi connectivity index (χ1n) is 12.3. The van der Waals surface area contributed by atoms with Crippen LogP contribution >= 0.6 is 51.3 Å². The molecule has 204 valence electrons. The summed E-state index contributed by atoms with van der Waals surface area (Å²) in [7, 11) is 0. The Kier molecular flexibility index (Phi) is 10.6. The number of aromatic nitrogens is 2. The maximum Gasteiger partial charge on any atom is 0.226 e. The van der Waals surface area contributed by atoms with Crippen molar-refractivity contribution in [3.63, 3.8) is 0 Å². The number of rotatable bonds is 10. The Balaban J connectivity index is 1.37. The van der Waals surface area contributed by atoms with E-state index in [1.165, 1.54) is 0 Å². The van der Waals surface area contributed by atoms with E-state index in [4.69, 9.17) is 40.7 Å². The largest absolute Gasteiger partial charge is 0.354 e. The van der Waals surface area contributed by atoms with Gasteiger partial charge in [0, 0.05) is 48.2 Å². The van der Waals surface area contributed by atoms with Gasteiger partial charge < -0.3 is 20.1 Å². The van der Waals surface area contributed by atoms with Gasteiger partial charge in [0.1, 0.15) is 0 Å². The summed E-state index contributed by atoms with van der Waals surface area (Å²) < 4.78 is 2.89. The van der Waals surface area contributed by atoms with Crippen LogP contribution in [0.25, 0.3) is 0 Å². The number of hydrogen-bond donors (Lipinski definition) is 2. The van der Waals surface area contributed by atoms with Crippen LogP contribution in [0.5, 0.6) is 0 Å². The Labute approximate surface area is 256 Å². The lowest BCUT2D eigenvalue weighted by Crippen LogP contribution is -2.40. The van der Waals surface area contributed by atoms with Gasteiger partial charge in [-0.1, -0.05) is 63.4 Å². The fraction of sp³-hybridized carbons (Fsp3) is 0.172. The Bertz CT molecular complexity index is 1520. The number of carbonyl (C=O) groups is 1. The van der Waals surface area contributed by atoms with Crippen LogP contribution in [-0.2, 0) is 24.3 Å². The van der Waals surface area contributed by atoms with Crippen molar-refractivity contribution in [2.45, 2.75) is 19.5 Å². The van der Waals surface area contributed by atoms with Crippen molar-refractivity contribution in [3.05, 3.63) is 116 Å². The van der Waals surface area contributed by atoms with Gasteiger partial charge in [-0.3, -0.25) is 4.79 Å². The second-order valence-electron chi connectivity index (χ2n) is 8.92. The Morgan fingerprint density at radius 1 is 1.10 bits per heavy atom. The molecular formula is C29H25BrCl2N6OS. The lowest BCUT2D eigenvalue weighted by Gasteiger charge is -2.27. The molecule has 3 aromatic carbocycles. The first-order chi connectivity index (χ1) is 19.3. The van der Waals surface area contributed by atoms with Crippen molar-refractivity contribution >= 4 is 68.1 Å². The van der Waals surface area contributed by atoms with Crippen LogP contribution < -0.4 is 10.6 Å². The summed E-state index contributed by atoms with van der Waals surface area (Å²) in [4.78, 5) is 19.0. The molecule has 0 aliphatic carbocycles. The third-order valence-electron chi connectivity index (χ3n) is 6.06. The number of nitrogens with zero attached hydrogens (tertiary/aromatic N) is 4. The van der Waals surface area contributed by atoms with Crippen LogP contribution in [0.2, 0.25) is 10.0 Å². The van der Waals surface area contributed by atoms with E-state index in [0.29, 0.717) is 46.9 Å². The van der Waals surface area contributed by atoms with Crippen molar-refractivity contribution in [3.8, 4) is 6.07 Å². The topological polar surface area (TPSA) is 86.0 Å². The maximum atomic E-state index is 12.8. The zero-order chi connectivity index (χ0) is 28.5. The molecule has 1 heterocycles. The number of amides is 1. The third-order valence-corrected chi connectivity index (χ3v) is 7.80. The average molecular weight is 656 g/mol. The second kappa shape index (κ2) is 14.3. The molecule has 0 bridgehead atoms. The van der Waals surface area contributed by atoms with E-state index in [9.17, 15) is 4.79 Å². The van der Waals surface area contributed by atoms with E-state index in [2.05, 4.69) is 37.6 Å². The van der Waals surface area contributed by atoms with Crippen molar-refractivity contribution in [1.29, 1.82) is 5.26 Å². The summed E-state index contributed by atoms with van der Waals surface area (Å²) in [6.45, 7) is 1.78. The van der Waals surface area contributed by atoms with Crippen LogP contribution in [0.15, 0.2) is 83.7 Å². The summed E-state index contributed by atoms with van der Waals surface area (Å²) in [5.41, 5.74) is 4.08. The molecule has 1 amide bonds. The quantitative estimate of drug-likeness (QED) is 0.192. The normalized spacial score (nSPS) is 10.6. The molecule has 0 radical (unpaired) electrons. The Morgan fingerprint density at radius 2 is 1.85 bits per heavy atom. The Morgan fingerprint density at radius 3 is 2.58 bits per heavy atom.